The highest BCUT2D eigenvalue weighted by Crippen LogP contribution is 2.26. The molecule has 0 N–H and O–H groups in total. The first-order chi connectivity index (χ1) is 10.3. The zero-order chi connectivity index (χ0) is 14.7. The van der Waals surface area contributed by atoms with E-state index in [-0.39, 0.29) is 0 Å². The fourth-order valence-electron chi connectivity index (χ4n) is 2.40. The number of hydrogen-bond acceptors (Lipinski definition) is 2. The van der Waals surface area contributed by atoms with Crippen LogP contribution in [0.3, 0.4) is 0 Å². The smallest absolute Gasteiger partial charge is 0.167 e. The molecular formula is C19H19NO. The van der Waals surface area contributed by atoms with Crippen molar-refractivity contribution in [1.29, 1.82) is 0 Å². The summed E-state index contributed by atoms with van der Waals surface area (Å²) in [6.45, 7) is 4.27. The molecule has 1 aromatic heterocycles. The summed E-state index contributed by atoms with van der Waals surface area (Å²) in [6, 6.07) is 18.8. The van der Waals surface area contributed by atoms with Gasteiger partial charge in [0.1, 0.15) is 5.69 Å². The topological polar surface area (TPSA) is 26.0 Å². The zero-order valence-electron chi connectivity index (χ0n) is 12.5. The van der Waals surface area contributed by atoms with Gasteiger partial charge in [0.15, 0.2) is 5.76 Å². The maximum atomic E-state index is 5.49. The van der Waals surface area contributed by atoms with Gasteiger partial charge in [-0.1, -0.05) is 72.6 Å². The fraction of sp³-hybridized carbons (Fsp3) is 0.211. The molecule has 0 bridgehead atoms. The molecule has 0 spiro atoms. The van der Waals surface area contributed by atoms with Crippen molar-refractivity contribution >= 4 is 0 Å². The molecule has 1 heterocycles. The number of rotatable bonds is 4. The normalized spacial score (nSPS) is 10.8. The summed E-state index contributed by atoms with van der Waals surface area (Å²) in [4.78, 5) is 0. The Morgan fingerprint density at radius 3 is 2.24 bits per heavy atom. The van der Waals surface area contributed by atoms with Crippen molar-refractivity contribution in [3.8, 4) is 22.6 Å². The Balaban J connectivity index is 1.85. The van der Waals surface area contributed by atoms with Crippen LogP contribution in [0.5, 0.6) is 0 Å². The van der Waals surface area contributed by atoms with Gasteiger partial charge < -0.3 is 4.52 Å². The predicted molar refractivity (Wildman–Crippen MR) is 86.1 cm³/mol. The zero-order valence-corrected chi connectivity index (χ0v) is 12.5. The standard InChI is InChI=1S/C19H19NO/c1-3-4-15-7-11-17(12-8-15)19-13-18(20-21-19)16-9-5-14(2)6-10-16/h5-13H,3-4H2,1-2H3. The van der Waals surface area contributed by atoms with Crippen LogP contribution in [0.4, 0.5) is 0 Å². The molecule has 2 aromatic carbocycles. The first-order valence-corrected chi connectivity index (χ1v) is 7.39. The van der Waals surface area contributed by atoms with E-state index in [0.29, 0.717) is 0 Å². The molecule has 0 radical (unpaired) electrons. The minimum Gasteiger partial charge on any atom is -0.356 e. The largest absolute Gasteiger partial charge is 0.356 e. The van der Waals surface area contributed by atoms with Crippen molar-refractivity contribution in [3.63, 3.8) is 0 Å². The predicted octanol–water partition coefficient (Wildman–Crippen LogP) is 5.27. The summed E-state index contributed by atoms with van der Waals surface area (Å²) < 4.78 is 5.49. The maximum absolute atomic E-state index is 5.49. The van der Waals surface area contributed by atoms with Crippen molar-refractivity contribution in [1.82, 2.24) is 5.16 Å². The van der Waals surface area contributed by atoms with E-state index in [1.165, 1.54) is 17.5 Å². The van der Waals surface area contributed by atoms with Crippen molar-refractivity contribution < 1.29 is 4.52 Å². The number of benzene rings is 2. The molecule has 2 nitrogen and oxygen atoms in total. The van der Waals surface area contributed by atoms with Crippen LogP contribution in [0.25, 0.3) is 22.6 Å². The van der Waals surface area contributed by atoms with Gasteiger partial charge >= 0.3 is 0 Å². The van der Waals surface area contributed by atoms with Crippen LogP contribution in [-0.2, 0) is 6.42 Å². The van der Waals surface area contributed by atoms with E-state index in [0.717, 1.165) is 29.0 Å². The third kappa shape index (κ3) is 3.05. The lowest BCUT2D eigenvalue weighted by molar-refractivity contribution is 0.435. The van der Waals surface area contributed by atoms with Crippen LogP contribution in [-0.4, -0.2) is 5.16 Å². The first kappa shape index (κ1) is 13.6. The van der Waals surface area contributed by atoms with Crippen LogP contribution in [0.2, 0.25) is 0 Å². The molecule has 0 aliphatic rings. The molecule has 0 aliphatic heterocycles. The lowest BCUT2D eigenvalue weighted by Crippen LogP contribution is -1.82. The van der Waals surface area contributed by atoms with Crippen LogP contribution >= 0.6 is 0 Å². The van der Waals surface area contributed by atoms with Crippen LogP contribution in [0.1, 0.15) is 24.5 Å². The number of hydrogen-bond donors (Lipinski definition) is 0. The highest BCUT2D eigenvalue weighted by atomic mass is 16.5. The Kier molecular flexibility index (Phi) is 3.87. The van der Waals surface area contributed by atoms with Gasteiger partial charge in [-0.05, 0) is 18.9 Å². The Hall–Kier alpha value is -2.35. The molecule has 3 rings (SSSR count). The molecule has 0 atom stereocenters. The molecule has 0 aliphatic carbocycles. The Morgan fingerprint density at radius 2 is 1.57 bits per heavy atom. The minimum absolute atomic E-state index is 0.814. The second-order valence-corrected chi connectivity index (χ2v) is 5.39. The van der Waals surface area contributed by atoms with E-state index in [9.17, 15) is 0 Å². The third-order valence-corrected chi connectivity index (χ3v) is 3.63. The Morgan fingerprint density at radius 1 is 0.905 bits per heavy atom. The van der Waals surface area contributed by atoms with Crippen molar-refractivity contribution in [2.75, 3.05) is 0 Å². The van der Waals surface area contributed by atoms with Gasteiger partial charge in [-0.2, -0.15) is 0 Å². The second-order valence-electron chi connectivity index (χ2n) is 5.39. The summed E-state index contributed by atoms with van der Waals surface area (Å²) in [6.07, 6.45) is 2.28. The van der Waals surface area contributed by atoms with Crippen molar-refractivity contribution in [3.05, 3.63) is 65.7 Å². The first-order valence-electron chi connectivity index (χ1n) is 7.39. The summed E-state index contributed by atoms with van der Waals surface area (Å²) in [7, 11) is 0. The van der Waals surface area contributed by atoms with Gasteiger partial charge in [-0.3, -0.25) is 0 Å². The summed E-state index contributed by atoms with van der Waals surface area (Å²) >= 11 is 0. The third-order valence-electron chi connectivity index (χ3n) is 3.63. The molecule has 0 fully saturated rings. The van der Waals surface area contributed by atoms with Gasteiger partial charge in [-0.15, -0.1) is 0 Å². The number of nitrogens with zero attached hydrogens (tertiary/aromatic N) is 1. The van der Waals surface area contributed by atoms with E-state index < -0.39 is 0 Å². The average molecular weight is 277 g/mol. The van der Waals surface area contributed by atoms with Crippen molar-refractivity contribution in [2.45, 2.75) is 26.7 Å². The Labute approximate surface area is 125 Å². The average Bonchev–Trinajstić information content (AvgIpc) is 2.99. The van der Waals surface area contributed by atoms with E-state index in [4.69, 9.17) is 4.52 Å². The van der Waals surface area contributed by atoms with E-state index in [1.807, 2.05) is 6.07 Å². The van der Waals surface area contributed by atoms with Crippen molar-refractivity contribution in [2.24, 2.45) is 0 Å². The van der Waals surface area contributed by atoms with Crippen LogP contribution in [0, 0.1) is 6.92 Å². The highest BCUT2D eigenvalue weighted by Gasteiger charge is 2.08. The van der Waals surface area contributed by atoms with E-state index >= 15 is 0 Å². The summed E-state index contributed by atoms with van der Waals surface area (Å²) in [5.41, 5.74) is 5.63. The van der Waals surface area contributed by atoms with Crippen LogP contribution in [0.15, 0.2) is 59.1 Å². The molecule has 0 amide bonds. The van der Waals surface area contributed by atoms with Gasteiger partial charge in [0.25, 0.3) is 0 Å². The van der Waals surface area contributed by atoms with E-state index in [1.54, 1.807) is 0 Å². The van der Waals surface area contributed by atoms with Gasteiger partial charge in [0.05, 0.1) is 0 Å². The van der Waals surface area contributed by atoms with Gasteiger partial charge in [-0.25, -0.2) is 0 Å². The molecule has 3 aromatic rings. The fourth-order valence-corrected chi connectivity index (χ4v) is 2.40. The molecule has 2 heteroatoms. The molecule has 0 saturated heterocycles. The Bertz CT molecular complexity index is 708. The monoisotopic (exact) mass is 277 g/mol. The lowest BCUT2D eigenvalue weighted by Gasteiger charge is -1.99. The molecule has 106 valence electrons. The summed E-state index contributed by atoms with van der Waals surface area (Å²) in [5, 5.41) is 4.18. The molecular weight excluding hydrogens is 258 g/mol. The lowest BCUT2D eigenvalue weighted by atomic mass is 10.1. The number of aromatic nitrogens is 1. The molecule has 21 heavy (non-hydrogen) atoms. The minimum atomic E-state index is 0.814. The quantitative estimate of drug-likeness (QED) is 0.649. The van der Waals surface area contributed by atoms with Crippen LogP contribution < -0.4 is 0 Å². The molecule has 0 saturated carbocycles. The molecule has 0 unspecified atom stereocenters. The maximum Gasteiger partial charge on any atom is 0.167 e. The van der Waals surface area contributed by atoms with E-state index in [2.05, 4.69) is 67.5 Å². The highest BCUT2D eigenvalue weighted by molar-refractivity contribution is 5.66. The SMILES string of the molecule is CCCc1ccc(-c2cc(-c3ccc(C)cc3)no2)cc1. The van der Waals surface area contributed by atoms with Gasteiger partial charge in [0.2, 0.25) is 0 Å². The number of aryl methyl sites for hydroxylation is 2. The summed E-state index contributed by atoms with van der Waals surface area (Å²) in [5.74, 6) is 0.814. The second kappa shape index (κ2) is 5.96. The van der Waals surface area contributed by atoms with Gasteiger partial charge in [0, 0.05) is 17.2 Å².